The SMILES string of the molecule is Cc1cccc(-c2noc(CCC(=O)N[C@H](C)c3ccccc3)n2)c1. The molecular weight excluding hydrogens is 314 g/mol. The van der Waals surface area contributed by atoms with Crippen molar-refractivity contribution in [2.45, 2.75) is 32.7 Å². The van der Waals surface area contributed by atoms with Gasteiger partial charge in [0.15, 0.2) is 0 Å². The Bertz CT molecular complexity index is 843. The molecule has 0 aliphatic rings. The van der Waals surface area contributed by atoms with Crippen molar-refractivity contribution in [2.24, 2.45) is 0 Å². The molecule has 3 rings (SSSR count). The second-order valence-corrected chi connectivity index (χ2v) is 6.08. The maximum atomic E-state index is 12.1. The molecule has 5 heteroatoms. The van der Waals surface area contributed by atoms with E-state index >= 15 is 0 Å². The molecule has 0 aliphatic carbocycles. The van der Waals surface area contributed by atoms with Crippen molar-refractivity contribution in [3.05, 3.63) is 71.6 Å². The third-order valence-electron chi connectivity index (χ3n) is 3.99. The van der Waals surface area contributed by atoms with Gasteiger partial charge in [0.2, 0.25) is 17.6 Å². The standard InChI is InChI=1S/C20H21N3O2/c1-14-7-6-10-17(13-14)20-22-19(25-23-20)12-11-18(24)21-15(2)16-8-4-3-5-9-16/h3-10,13,15H,11-12H2,1-2H3,(H,21,24)/t15-/m1/s1. The lowest BCUT2D eigenvalue weighted by Gasteiger charge is -2.13. The summed E-state index contributed by atoms with van der Waals surface area (Å²) in [6.45, 7) is 3.98. The summed E-state index contributed by atoms with van der Waals surface area (Å²) in [5.74, 6) is 0.988. The van der Waals surface area contributed by atoms with Gasteiger partial charge >= 0.3 is 0 Å². The largest absolute Gasteiger partial charge is 0.350 e. The van der Waals surface area contributed by atoms with E-state index in [4.69, 9.17) is 4.52 Å². The van der Waals surface area contributed by atoms with Crippen LogP contribution in [0.2, 0.25) is 0 Å². The third kappa shape index (κ3) is 4.53. The molecular formula is C20H21N3O2. The van der Waals surface area contributed by atoms with E-state index in [0.29, 0.717) is 24.6 Å². The minimum absolute atomic E-state index is 0.0285. The fourth-order valence-electron chi connectivity index (χ4n) is 2.62. The number of hydrogen-bond acceptors (Lipinski definition) is 4. The maximum absolute atomic E-state index is 12.1. The van der Waals surface area contributed by atoms with Gasteiger partial charge < -0.3 is 9.84 Å². The van der Waals surface area contributed by atoms with Gasteiger partial charge in [0.25, 0.3) is 0 Å². The fraction of sp³-hybridized carbons (Fsp3) is 0.250. The van der Waals surface area contributed by atoms with Gasteiger partial charge in [0.05, 0.1) is 6.04 Å². The summed E-state index contributed by atoms with van der Waals surface area (Å²) >= 11 is 0. The average molecular weight is 335 g/mol. The summed E-state index contributed by atoms with van der Waals surface area (Å²) in [7, 11) is 0. The van der Waals surface area contributed by atoms with Crippen LogP contribution < -0.4 is 5.32 Å². The molecule has 0 aliphatic heterocycles. The van der Waals surface area contributed by atoms with Crippen LogP contribution in [0.1, 0.15) is 36.4 Å². The second kappa shape index (κ2) is 7.75. The van der Waals surface area contributed by atoms with Crippen LogP contribution in [-0.4, -0.2) is 16.0 Å². The molecule has 1 amide bonds. The highest BCUT2D eigenvalue weighted by Crippen LogP contribution is 2.17. The molecule has 1 N–H and O–H groups in total. The highest BCUT2D eigenvalue weighted by molar-refractivity contribution is 5.76. The Labute approximate surface area is 147 Å². The predicted molar refractivity (Wildman–Crippen MR) is 95.8 cm³/mol. The molecule has 0 saturated carbocycles. The number of hydrogen-bond donors (Lipinski definition) is 1. The van der Waals surface area contributed by atoms with Crippen LogP contribution in [0.25, 0.3) is 11.4 Å². The number of carbonyl (C=O) groups excluding carboxylic acids is 1. The quantitative estimate of drug-likeness (QED) is 0.743. The first-order valence-electron chi connectivity index (χ1n) is 8.36. The number of aryl methyl sites for hydroxylation is 2. The highest BCUT2D eigenvalue weighted by Gasteiger charge is 2.13. The van der Waals surface area contributed by atoms with Gasteiger partial charge in [-0.2, -0.15) is 4.98 Å². The lowest BCUT2D eigenvalue weighted by atomic mass is 10.1. The second-order valence-electron chi connectivity index (χ2n) is 6.08. The Morgan fingerprint density at radius 2 is 1.96 bits per heavy atom. The van der Waals surface area contributed by atoms with E-state index in [1.165, 1.54) is 0 Å². The van der Waals surface area contributed by atoms with Crippen molar-refractivity contribution < 1.29 is 9.32 Å². The van der Waals surface area contributed by atoms with Crippen LogP contribution >= 0.6 is 0 Å². The number of benzene rings is 2. The third-order valence-corrected chi connectivity index (χ3v) is 3.99. The van der Waals surface area contributed by atoms with Crippen molar-refractivity contribution in [2.75, 3.05) is 0 Å². The van der Waals surface area contributed by atoms with E-state index in [-0.39, 0.29) is 11.9 Å². The molecule has 0 radical (unpaired) electrons. The molecule has 1 atom stereocenters. The van der Waals surface area contributed by atoms with E-state index in [9.17, 15) is 4.79 Å². The number of carbonyl (C=O) groups is 1. The van der Waals surface area contributed by atoms with E-state index in [2.05, 4.69) is 15.5 Å². The molecule has 5 nitrogen and oxygen atoms in total. The van der Waals surface area contributed by atoms with Crippen molar-refractivity contribution in [3.8, 4) is 11.4 Å². The van der Waals surface area contributed by atoms with Crippen LogP contribution in [0.5, 0.6) is 0 Å². The number of amides is 1. The summed E-state index contributed by atoms with van der Waals surface area (Å²) in [6.07, 6.45) is 0.735. The van der Waals surface area contributed by atoms with Crippen molar-refractivity contribution in [1.29, 1.82) is 0 Å². The van der Waals surface area contributed by atoms with Crippen LogP contribution in [0.4, 0.5) is 0 Å². The number of nitrogens with one attached hydrogen (secondary N) is 1. The van der Waals surface area contributed by atoms with Gasteiger partial charge in [0.1, 0.15) is 0 Å². The minimum Gasteiger partial charge on any atom is -0.350 e. The molecule has 3 aromatic rings. The molecule has 128 valence electrons. The number of nitrogens with zero attached hydrogens (tertiary/aromatic N) is 2. The van der Waals surface area contributed by atoms with Crippen LogP contribution in [-0.2, 0) is 11.2 Å². The van der Waals surface area contributed by atoms with E-state index < -0.39 is 0 Å². The summed E-state index contributed by atoms with van der Waals surface area (Å²) in [5, 5.41) is 6.98. The maximum Gasteiger partial charge on any atom is 0.227 e. The normalized spacial score (nSPS) is 11.9. The Balaban J connectivity index is 1.54. The first-order valence-corrected chi connectivity index (χ1v) is 8.36. The van der Waals surface area contributed by atoms with Gasteiger partial charge in [-0.1, -0.05) is 59.3 Å². The minimum atomic E-state index is -0.0355. The van der Waals surface area contributed by atoms with Crippen LogP contribution in [0.3, 0.4) is 0 Å². The van der Waals surface area contributed by atoms with Crippen LogP contribution in [0, 0.1) is 6.92 Å². The molecule has 1 heterocycles. The monoisotopic (exact) mass is 335 g/mol. The van der Waals surface area contributed by atoms with Gasteiger partial charge in [-0.25, -0.2) is 0 Å². The fourth-order valence-corrected chi connectivity index (χ4v) is 2.62. The molecule has 0 spiro atoms. The van der Waals surface area contributed by atoms with Crippen molar-refractivity contribution >= 4 is 5.91 Å². The topological polar surface area (TPSA) is 68.0 Å². The lowest BCUT2D eigenvalue weighted by Crippen LogP contribution is -2.26. The molecule has 25 heavy (non-hydrogen) atoms. The Morgan fingerprint density at radius 3 is 2.72 bits per heavy atom. The molecule has 1 aromatic heterocycles. The predicted octanol–water partition coefficient (Wildman–Crippen LogP) is 3.86. The van der Waals surface area contributed by atoms with Gasteiger partial charge in [-0.15, -0.1) is 0 Å². The Kier molecular flexibility index (Phi) is 5.23. The summed E-state index contributed by atoms with van der Waals surface area (Å²) < 4.78 is 5.26. The Morgan fingerprint density at radius 1 is 1.16 bits per heavy atom. The first kappa shape index (κ1) is 16.9. The Hall–Kier alpha value is -2.95. The molecule has 0 fully saturated rings. The molecule has 0 bridgehead atoms. The highest BCUT2D eigenvalue weighted by atomic mass is 16.5. The smallest absolute Gasteiger partial charge is 0.227 e. The zero-order chi connectivity index (χ0) is 17.6. The van der Waals surface area contributed by atoms with Gasteiger partial charge in [-0.3, -0.25) is 4.79 Å². The first-order chi connectivity index (χ1) is 12.1. The summed E-state index contributed by atoms with van der Waals surface area (Å²) in [4.78, 5) is 16.5. The summed E-state index contributed by atoms with van der Waals surface area (Å²) in [5.41, 5.74) is 3.13. The van der Waals surface area contributed by atoms with E-state index in [1.54, 1.807) is 0 Å². The number of aromatic nitrogens is 2. The molecule has 2 aromatic carbocycles. The van der Waals surface area contributed by atoms with E-state index in [1.807, 2.05) is 68.4 Å². The zero-order valence-corrected chi connectivity index (χ0v) is 14.4. The van der Waals surface area contributed by atoms with Crippen molar-refractivity contribution in [1.82, 2.24) is 15.5 Å². The van der Waals surface area contributed by atoms with E-state index in [0.717, 1.165) is 16.7 Å². The van der Waals surface area contributed by atoms with Gasteiger partial charge in [0, 0.05) is 18.4 Å². The number of rotatable bonds is 6. The average Bonchev–Trinajstić information content (AvgIpc) is 3.10. The summed E-state index contributed by atoms with van der Waals surface area (Å²) in [6, 6.07) is 17.8. The zero-order valence-electron chi connectivity index (χ0n) is 14.4. The van der Waals surface area contributed by atoms with Crippen molar-refractivity contribution in [3.63, 3.8) is 0 Å². The van der Waals surface area contributed by atoms with Crippen LogP contribution in [0.15, 0.2) is 59.1 Å². The lowest BCUT2D eigenvalue weighted by molar-refractivity contribution is -0.121. The molecule has 0 unspecified atom stereocenters. The van der Waals surface area contributed by atoms with Gasteiger partial charge in [-0.05, 0) is 25.5 Å². The molecule has 0 saturated heterocycles.